The lowest BCUT2D eigenvalue weighted by Crippen LogP contribution is -2.28. The lowest BCUT2D eigenvalue weighted by molar-refractivity contribution is 0.0791. The van der Waals surface area contributed by atoms with Crippen molar-refractivity contribution in [2.24, 2.45) is 0 Å². The second kappa shape index (κ2) is 7.11. The Balaban J connectivity index is 2.57. The quantitative estimate of drug-likeness (QED) is 0.791. The molecule has 0 atom stereocenters. The number of nitrogens with zero attached hydrogens (tertiary/aromatic N) is 1. The summed E-state index contributed by atoms with van der Waals surface area (Å²) in [5.74, 6) is -0.411. The molecule has 0 radical (unpaired) electrons. The van der Waals surface area contributed by atoms with Crippen molar-refractivity contribution in [1.29, 1.82) is 0 Å². The highest BCUT2D eigenvalue weighted by Crippen LogP contribution is 2.12. The monoisotopic (exact) mass is 253 g/mol. The van der Waals surface area contributed by atoms with Gasteiger partial charge in [-0.1, -0.05) is 0 Å². The van der Waals surface area contributed by atoms with E-state index in [0.717, 1.165) is 19.3 Å². The lowest BCUT2D eigenvalue weighted by Gasteiger charge is -2.18. The van der Waals surface area contributed by atoms with E-state index in [4.69, 9.17) is 5.11 Å². The fraction of sp³-hybridized carbons (Fsp3) is 0.500. The summed E-state index contributed by atoms with van der Waals surface area (Å²) in [7, 11) is 1.74. The Morgan fingerprint density at radius 1 is 1.33 bits per heavy atom. The minimum Gasteiger partial charge on any atom is -0.396 e. The van der Waals surface area contributed by atoms with Crippen molar-refractivity contribution in [3.63, 3.8) is 0 Å². The standard InChI is InChI=1S/C14H20FNO2/c1-11-10-12(15)6-7-13(11)14(18)16(2)8-4-3-5-9-17/h6-7,10,17H,3-5,8-9H2,1-2H3. The SMILES string of the molecule is Cc1cc(F)ccc1C(=O)N(C)CCCCCO. The maximum absolute atomic E-state index is 13.0. The summed E-state index contributed by atoms with van der Waals surface area (Å²) in [6.07, 6.45) is 2.52. The van der Waals surface area contributed by atoms with Crippen molar-refractivity contribution in [3.8, 4) is 0 Å². The number of amides is 1. The zero-order valence-corrected chi connectivity index (χ0v) is 10.9. The van der Waals surface area contributed by atoms with E-state index in [1.165, 1.54) is 18.2 Å². The van der Waals surface area contributed by atoms with E-state index in [0.29, 0.717) is 17.7 Å². The number of hydrogen-bond donors (Lipinski definition) is 1. The predicted molar refractivity (Wildman–Crippen MR) is 69.0 cm³/mol. The van der Waals surface area contributed by atoms with Crippen molar-refractivity contribution < 1.29 is 14.3 Å². The predicted octanol–water partition coefficient (Wildman–Crippen LogP) is 2.37. The van der Waals surface area contributed by atoms with Gasteiger partial charge in [-0.05, 0) is 49.9 Å². The Labute approximate surface area is 107 Å². The molecule has 1 aromatic rings. The molecule has 0 aromatic heterocycles. The number of aryl methyl sites for hydroxylation is 1. The van der Waals surface area contributed by atoms with Gasteiger partial charge in [0.15, 0.2) is 0 Å². The third-order valence-corrected chi connectivity index (χ3v) is 2.92. The maximum Gasteiger partial charge on any atom is 0.253 e. The van der Waals surface area contributed by atoms with E-state index in [2.05, 4.69) is 0 Å². The first-order chi connectivity index (χ1) is 8.56. The molecular weight excluding hydrogens is 233 g/mol. The van der Waals surface area contributed by atoms with E-state index in [1.54, 1.807) is 18.9 Å². The fourth-order valence-electron chi connectivity index (χ4n) is 1.81. The second-order valence-electron chi connectivity index (χ2n) is 4.47. The average Bonchev–Trinajstić information content (AvgIpc) is 2.33. The first-order valence-electron chi connectivity index (χ1n) is 6.18. The number of hydrogen-bond acceptors (Lipinski definition) is 2. The number of halogens is 1. The van der Waals surface area contributed by atoms with Gasteiger partial charge in [-0.25, -0.2) is 4.39 Å². The molecule has 1 aromatic carbocycles. The zero-order chi connectivity index (χ0) is 13.5. The lowest BCUT2D eigenvalue weighted by atomic mass is 10.1. The number of unbranched alkanes of at least 4 members (excludes halogenated alkanes) is 2. The Morgan fingerprint density at radius 3 is 2.67 bits per heavy atom. The van der Waals surface area contributed by atoms with Crippen LogP contribution in [0.2, 0.25) is 0 Å². The smallest absolute Gasteiger partial charge is 0.253 e. The summed E-state index contributed by atoms with van der Waals surface area (Å²) in [6.45, 7) is 2.57. The van der Waals surface area contributed by atoms with E-state index in [9.17, 15) is 9.18 Å². The van der Waals surface area contributed by atoms with Gasteiger partial charge in [-0.15, -0.1) is 0 Å². The molecule has 0 saturated heterocycles. The fourth-order valence-corrected chi connectivity index (χ4v) is 1.81. The summed E-state index contributed by atoms with van der Waals surface area (Å²) in [5, 5.41) is 8.67. The molecule has 0 aliphatic rings. The molecule has 18 heavy (non-hydrogen) atoms. The van der Waals surface area contributed by atoms with Gasteiger partial charge in [0.2, 0.25) is 0 Å². The first-order valence-corrected chi connectivity index (χ1v) is 6.18. The van der Waals surface area contributed by atoms with Crippen molar-refractivity contribution in [2.45, 2.75) is 26.2 Å². The molecule has 0 unspecified atom stereocenters. The molecule has 0 fully saturated rings. The van der Waals surface area contributed by atoms with E-state index in [-0.39, 0.29) is 18.3 Å². The van der Waals surface area contributed by atoms with Crippen LogP contribution in [0.4, 0.5) is 4.39 Å². The highest BCUT2D eigenvalue weighted by atomic mass is 19.1. The number of rotatable bonds is 6. The van der Waals surface area contributed by atoms with Crippen molar-refractivity contribution in [1.82, 2.24) is 4.90 Å². The Hall–Kier alpha value is -1.42. The number of aliphatic hydroxyl groups excluding tert-OH is 1. The molecule has 4 heteroatoms. The van der Waals surface area contributed by atoms with E-state index in [1.807, 2.05) is 0 Å². The topological polar surface area (TPSA) is 40.5 Å². The molecule has 0 spiro atoms. The summed E-state index contributed by atoms with van der Waals surface area (Å²) >= 11 is 0. The first kappa shape index (κ1) is 14.6. The van der Waals surface area contributed by atoms with E-state index >= 15 is 0 Å². The molecule has 1 rings (SSSR count). The van der Waals surface area contributed by atoms with Gasteiger partial charge in [-0.3, -0.25) is 4.79 Å². The van der Waals surface area contributed by atoms with Crippen LogP contribution in [0.3, 0.4) is 0 Å². The normalized spacial score (nSPS) is 10.4. The zero-order valence-electron chi connectivity index (χ0n) is 10.9. The third kappa shape index (κ3) is 4.11. The van der Waals surface area contributed by atoms with Crippen LogP contribution in [0.5, 0.6) is 0 Å². The number of carbonyl (C=O) groups excluding carboxylic acids is 1. The summed E-state index contributed by atoms with van der Waals surface area (Å²) < 4.78 is 13.0. The van der Waals surface area contributed by atoms with Crippen LogP contribution in [-0.4, -0.2) is 36.1 Å². The average molecular weight is 253 g/mol. The minimum atomic E-state index is -0.324. The van der Waals surface area contributed by atoms with Gasteiger partial charge in [0, 0.05) is 25.8 Å². The molecule has 0 heterocycles. The van der Waals surface area contributed by atoms with Crippen LogP contribution in [0, 0.1) is 12.7 Å². The van der Waals surface area contributed by atoms with Crippen LogP contribution >= 0.6 is 0 Å². The number of carbonyl (C=O) groups is 1. The molecule has 1 N–H and O–H groups in total. The van der Waals surface area contributed by atoms with Gasteiger partial charge < -0.3 is 10.0 Å². The van der Waals surface area contributed by atoms with Gasteiger partial charge >= 0.3 is 0 Å². The largest absolute Gasteiger partial charge is 0.396 e. The van der Waals surface area contributed by atoms with Crippen molar-refractivity contribution in [3.05, 3.63) is 35.1 Å². The van der Waals surface area contributed by atoms with E-state index < -0.39 is 0 Å². The van der Waals surface area contributed by atoms with Crippen LogP contribution < -0.4 is 0 Å². The summed E-state index contributed by atoms with van der Waals surface area (Å²) in [4.78, 5) is 13.7. The highest BCUT2D eigenvalue weighted by Gasteiger charge is 2.13. The van der Waals surface area contributed by atoms with Crippen molar-refractivity contribution in [2.75, 3.05) is 20.2 Å². The molecule has 3 nitrogen and oxygen atoms in total. The molecule has 0 aliphatic carbocycles. The van der Waals surface area contributed by atoms with Crippen molar-refractivity contribution >= 4 is 5.91 Å². The van der Waals surface area contributed by atoms with Crippen LogP contribution in [-0.2, 0) is 0 Å². The van der Waals surface area contributed by atoms with Gasteiger partial charge in [-0.2, -0.15) is 0 Å². The molecular formula is C14H20FNO2. The van der Waals surface area contributed by atoms with Crippen LogP contribution in [0.1, 0.15) is 35.2 Å². The number of benzene rings is 1. The summed E-state index contributed by atoms with van der Waals surface area (Å²) in [5.41, 5.74) is 1.20. The van der Waals surface area contributed by atoms with Gasteiger partial charge in [0.1, 0.15) is 5.82 Å². The Kier molecular flexibility index (Phi) is 5.78. The van der Waals surface area contributed by atoms with Crippen LogP contribution in [0.15, 0.2) is 18.2 Å². The summed E-state index contributed by atoms with van der Waals surface area (Å²) in [6, 6.07) is 4.20. The molecule has 0 aliphatic heterocycles. The Morgan fingerprint density at radius 2 is 2.06 bits per heavy atom. The molecule has 0 saturated carbocycles. The third-order valence-electron chi connectivity index (χ3n) is 2.92. The highest BCUT2D eigenvalue weighted by molar-refractivity contribution is 5.95. The second-order valence-corrected chi connectivity index (χ2v) is 4.47. The maximum atomic E-state index is 13.0. The molecule has 0 bridgehead atoms. The van der Waals surface area contributed by atoms with Gasteiger partial charge in [0.05, 0.1) is 0 Å². The Bertz CT molecular complexity index is 407. The minimum absolute atomic E-state index is 0.0866. The van der Waals surface area contributed by atoms with Crippen LogP contribution in [0.25, 0.3) is 0 Å². The number of aliphatic hydroxyl groups is 1. The van der Waals surface area contributed by atoms with Gasteiger partial charge in [0.25, 0.3) is 5.91 Å². The molecule has 100 valence electrons. The molecule has 1 amide bonds.